The Kier molecular flexibility index (Phi) is 5.06. The molecule has 0 saturated carbocycles. The molecule has 0 aromatic carbocycles. The summed E-state index contributed by atoms with van der Waals surface area (Å²) in [5.41, 5.74) is 0.0332. The van der Waals surface area contributed by atoms with Crippen LogP contribution in [0.25, 0.3) is 0 Å². The van der Waals surface area contributed by atoms with E-state index < -0.39 is 4.92 Å². The number of nitrogens with zero attached hydrogens (tertiary/aromatic N) is 3. The van der Waals surface area contributed by atoms with Crippen molar-refractivity contribution in [2.75, 3.05) is 5.32 Å². The van der Waals surface area contributed by atoms with Crippen molar-refractivity contribution in [3.05, 3.63) is 27.9 Å². The van der Waals surface area contributed by atoms with E-state index in [0.717, 1.165) is 19.3 Å². The van der Waals surface area contributed by atoms with Gasteiger partial charge in [-0.05, 0) is 13.3 Å². The van der Waals surface area contributed by atoms with E-state index in [4.69, 9.17) is 5.26 Å². The van der Waals surface area contributed by atoms with Crippen molar-refractivity contribution in [2.24, 2.45) is 0 Å². The van der Waals surface area contributed by atoms with Gasteiger partial charge in [-0.2, -0.15) is 5.26 Å². The van der Waals surface area contributed by atoms with E-state index in [1.165, 1.54) is 12.3 Å². The molecule has 18 heavy (non-hydrogen) atoms. The average Bonchev–Trinajstić information content (AvgIpc) is 2.36. The summed E-state index contributed by atoms with van der Waals surface area (Å²) in [6, 6.07) is 3.20. The number of unbranched alkanes of at least 4 members (excludes halogenated alkanes) is 1. The minimum Gasteiger partial charge on any atom is -0.362 e. The summed E-state index contributed by atoms with van der Waals surface area (Å²) >= 11 is 0. The Morgan fingerprint density at radius 3 is 2.94 bits per heavy atom. The minimum absolute atomic E-state index is 0.115. The van der Waals surface area contributed by atoms with Gasteiger partial charge in [0.25, 0.3) is 0 Å². The molecule has 0 spiro atoms. The molecule has 0 aliphatic carbocycles. The number of aromatic nitrogens is 1. The summed E-state index contributed by atoms with van der Waals surface area (Å²) in [7, 11) is 0. The van der Waals surface area contributed by atoms with Gasteiger partial charge in [-0.15, -0.1) is 0 Å². The van der Waals surface area contributed by atoms with Crippen LogP contribution in [0.4, 0.5) is 11.5 Å². The van der Waals surface area contributed by atoms with Crippen LogP contribution in [-0.2, 0) is 0 Å². The zero-order valence-corrected chi connectivity index (χ0v) is 10.5. The van der Waals surface area contributed by atoms with Gasteiger partial charge in [-0.25, -0.2) is 4.98 Å². The third-order valence-electron chi connectivity index (χ3n) is 2.57. The summed E-state index contributed by atoms with van der Waals surface area (Å²) in [5, 5.41) is 22.6. The highest BCUT2D eigenvalue weighted by Crippen LogP contribution is 2.23. The topological polar surface area (TPSA) is 91.8 Å². The lowest BCUT2D eigenvalue weighted by Gasteiger charge is -2.13. The molecule has 1 aromatic heterocycles. The normalized spacial score (nSPS) is 11.6. The highest BCUT2D eigenvalue weighted by Gasteiger charge is 2.17. The second-order valence-electron chi connectivity index (χ2n) is 4.15. The van der Waals surface area contributed by atoms with Crippen molar-refractivity contribution in [1.82, 2.24) is 4.98 Å². The SMILES string of the molecule is CCCCC(C)Nc1ncc(C#N)cc1[N+](=O)[O-]. The van der Waals surface area contributed by atoms with Crippen molar-refractivity contribution in [3.63, 3.8) is 0 Å². The number of hydrogen-bond donors (Lipinski definition) is 1. The van der Waals surface area contributed by atoms with Crippen LogP contribution in [0.2, 0.25) is 0 Å². The molecule has 6 heteroatoms. The lowest BCUT2D eigenvalue weighted by Crippen LogP contribution is -2.17. The van der Waals surface area contributed by atoms with Crippen LogP contribution in [0, 0.1) is 21.4 Å². The number of anilines is 1. The number of nitriles is 1. The van der Waals surface area contributed by atoms with Crippen molar-refractivity contribution in [2.45, 2.75) is 39.2 Å². The second-order valence-corrected chi connectivity index (χ2v) is 4.15. The highest BCUT2D eigenvalue weighted by molar-refractivity contribution is 5.58. The van der Waals surface area contributed by atoms with Gasteiger partial charge in [0, 0.05) is 18.3 Å². The molecule has 0 fully saturated rings. The molecule has 1 aromatic rings. The number of nitrogens with one attached hydrogen (secondary N) is 1. The zero-order chi connectivity index (χ0) is 13.5. The molecule has 1 atom stereocenters. The fourth-order valence-electron chi connectivity index (χ4n) is 1.58. The van der Waals surface area contributed by atoms with Crippen molar-refractivity contribution in [3.8, 4) is 6.07 Å². The standard InChI is InChI=1S/C12H16N4O2/c1-3-4-5-9(2)15-12-11(16(17)18)6-10(7-13)8-14-12/h6,8-9H,3-5H2,1-2H3,(H,14,15). The van der Waals surface area contributed by atoms with Crippen LogP contribution in [0.5, 0.6) is 0 Å². The van der Waals surface area contributed by atoms with E-state index >= 15 is 0 Å². The predicted octanol–water partition coefficient (Wildman–Crippen LogP) is 2.85. The molecule has 0 amide bonds. The summed E-state index contributed by atoms with van der Waals surface area (Å²) < 4.78 is 0. The predicted molar refractivity (Wildman–Crippen MR) is 68.2 cm³/mol. The van der Waals surface area contributed by atoms with Gasteiger partial charge in [0.15, 0.2) is 0 Å². The van der Waals surface area contributed by atoms with Gasteiger partial charge in [0.1, 0.15) is 6.07 Å². The van der Waals surface area contributed by atoms with E-state index in [9.17, 15) is 10.1 Å². The Labute approximate surface area is 106 Å². The summed E-state index contributed by atoms with van der Waals surface area (Å²) in [6.07, 6.45) is 4.39. The van der Waals surface area contributed by atoms with Gasteiger partial charge >= 0.3 is 5.69 Å². The molecule has 1 rings (SSSR count). The first kappa shape index (κ1) is 13.9. The largest absolute Gasteiger partial charge is 0.362 e. The first-order chi connectivity index (χ1) is 8.58. The summed E-state index contributed by atoms with van der Waals surface area (Å²) in [6.45, 7) is 4.05. The Morgan fingerprint density at radius 1 is 1.67 bits per heavy atom. The lowest BCUT2D eigenvalue weighted by molar-refractivity contribution is -0.384. The van der Waals surface area contributed by atoms with Gasteiger partial charge in [0.2, 0.25) is 5.82 Å². The molecule has 0 aliphatic rings. The van der Waals surface area contributed by atoms with E-state index in [-0.39, 0.29) is 23.1 Å². The van der Waals surface area contributed by atoms with Crippen LogP contribution in [0.1, 0.15) is 38.7 Å². The fourth-order valence-corrected chi connectivity index (χ4v) is 1.58. The van der Waals surface area contributed by atoms with Crippen molar-refractivity contribution in [1.29, 1.82) is 5.26 Å². The van der Waals surface area contributed by atoms with Crippen LogP contribution >= 0.6 is 0 Å². The maximum absolute atomic E-state index is 10.9. The molecule has 6 nitrogen and oxygen atoms in total. The summed E-state index contributed by atoms with van der Waals surface area (Å²) in [4.78, 5) is 14.3. The van der Waals surface area contributed by atoms with Gasteiger partial charge in [0.05, 0.1) is 10.5 Å². The maximum Gasteiger partial charge on any atom is 0.312 e. The second kappa shape index (κ2) is 6.55. The Hall–Kier alpha value is -2.16. The van der Waals surface area contributed by atoms with Gasteiger partial charge in [-0.3, -0.25) is 10.1 Å². The molecular weight excluding hydrogens is 232 g/mol. The van der Waals surface area contributed by atoms with E-state index in [1.54, 1.807) is 0 Å². The molecule has 1 unspecified atom stereocenters. The zero-order valence-electron chi connectivity index (χ0n) is 10.5. The van der Waals surface area contributed by atoms with Gasteiger partial charge in [-0.1, -0.05) is 19.8 Å². The highest BCUT2D eigenvalue weighted by atomic mass is 16.6. The molecule has 0 saturated heterocycles. The molecule has 0 aliphatic heterocycles. The van der Waals surface area contributed by atoms with E-state index in [1.807, 2.05) is 13.0 Å². The number of rotatable bonds is 6. The minimum atomic E-state index is -0.525. The van der Waals surface area contributed by atoms with Crippen molar-refractivity contribution >= 4 is 11.5 Å². The Morgan fingerprint density at radius 2 is 2.39 bits per heavy atom. The van der Waals surface area contributed by atoms with Gasteiger partial charge < -0.3 is 5.32 Å². The number of nitro groups is 1. The molecule has 1 N–H and O–H groups in total. The first-order valence-electron chi connectivity index (χ1n) is 5.89. The van der Waals surface area contributed by atoms with E-state index in [0.29, 0.717) is 0 Å². The molecule has 96 valence electrons. The number of hydrogen-bond acceptors (Lipinski definition) is 5. The van der Waals surface area contributed by atoms with Crippen LogP contribution in [-0.4, -0.2) is 15.9 Å². The number of pyridine rings is 1. The quantitative estimate of drug-likeness (QED) is 0.617. The molecule has 0 bridgehead atoms. The molecule has 1 heterocycles. The molecule has 0 radical (unpaired) electrons. The first-order valence-corrected chi connectivity index (χ1v) is 5.89. The van der Waals surface area contributed by atoms with Crippen molar-refractivity contribution < 1.29 is 4.92 Å². The third-order valence-corrected chi connectivity index (χ3v) is 2.57. The fraction of sp³-hybridized carbons (Fsp3) is 0.500. The Balaban J connectivity index is 2.88. The summed E-state index contributed by atoms with van der Waals surface area (Å²) in [5.74, 6) is 0.225. The smallest absolute Gasteiger partial charge is 0.312 e. The maximum atomic E-state index is 10.9. The van der Waals surface area contributed by atoms with E-state index in [2.05, 4.69) is 17.2 Å². The monoisotopic (exact) mass is 248 g/mol. The van der Waals surface area contributed by atoms with Crippen LogP contribution in [0.15, 0.2) is 12.3 Å². The third kappa shape index (κ3) is 3.70. The van der Waals surface area contributed by atoms with Crippen LogP contribution < -0.4 is 5.32 Å². The molecular formula is C12H16N4O2. The average molecular weight is 248 g/mol. The Bertz CT molecular complexity index is 468. The van der Waals surface area contributed by atoms with Crippen LogP contribution in [0.3, 0.4) is 0 Å². The lowest BCUT2D eigenvalue weighted by atomic mass is 10.1.